The fraction of sp³-hybridized carbons (Fsp3) is 0.333. The largest absolute Gasteiger partial charge is 0.388 e. The Morgan fingerprint density at radius 1 is 1.26 bits per heavy atom. The number of aromatic nitrogens is 1. The van der Waals surface area contributed by atoms with Crippen LogP contribution in [0.15, 0.2) is 42.6 Å². The third-order valence-corrected chi connectivity index (χ3v) is 4.10. The van der Waals surface area contributed by atoms with Crippen LogP contribution in [0.4, 0.5) is 11.5 Å². The van der Waals surface area contributed by atoms with E-state index in [0.717, 1.165) is 30.0 Å². The van der Waals surface area contributed by atoms with Crippen molar-refractivity contribution in [2.45, 2.75) is 25.9 Å². The molecule has 1 atom stereocenters. The van der Waals surface area contributed by atoms with Crippen LogP contribution in [0.3, 0.4) is 0 Å². The van der Waals surface area contributed by atoms with Gasteiger partial charge in [0.05, 0.1) is 11.2 Å². The highest BCUT2D eigenvalue weighted by Gasteiger charge is 2.31. The summed E-state index contributed by atoms with van der Waals surface area (Å²) in [5, 5.41) is 12.9. The van der Waals surface area contributed by atoms with E-state index in [1.807, 2.05) is 49.1 Å². The number of rotatable bonds is 3. The molecule has 1 amide bonds. The minimum absolute atomic E-state index is 0.179. The van der Waals surface area contributed by atoms with Gasteiger partial charge in [0.1, 0.15) is 5.82 Å². The van der Waals surface area contributed by atoms with E-state index < -0.39 is 5.60 Å². The summed E-state index contributed by atoms with van der Waals surface area (Å²) in [5.41, 5.74) is 1.76. The van der Waals surface area contributed by atoms with Crippen molar-refractivity contribution in [3.8, 4) is 0 Å². The van der Waals surface area contributed by atoms with E-state index in [0.29, 0.717) is 12.1 Å². The Morgan fingerprint density at radius 3 is 2.57 bits per heavy atom. The average Bonchev–Trinajstić information content (AvgIpc) is 2.90. The van der Waals surface area contributed by atoms with Crippen molar-refractivity contribution in [3.63, 3.8) is 0 Å². The van der Waals surface area contributed by atoms with Crippen LogP contribution in [-0.4, -0.2) is 34.7 Å². The first-order valence-corrected chi connectivity index (χ1v) is 7.74. The van der Waals surface area contributed by atoms with Crippen LogP contribution in [0.25, 0.3) is 0 Å². The number of β-amino-alcohol motifs (C(OH)–C–C–N with tert-alkyl or cyclic N) is 1. The van der Waals surface area contributed by atoms with Crippen molar-refractivity contribution in [1.29, 1.82) is 0 Å². The highest BCUT2D eigenvalue weighted by Crippen LogP contribution is 2.25. The molecule has 23 heavy (non-hydrogen) atoms. The second-order valence-corrected chi connectivity index (χ2v) is 6.39. The standard InChI is InChI=1S/C18H21N3O2/c1-13-3-6-15(7-4-13)20-17(22)14-5-8-16(19-11-14)21-10-9-18(2,23)12-21/h3-8,11,23H,9-10,12H2,1-2H3,(H,20,22). The molecule has 2 aromatic rings. The molecule has 5 heteroatoms. The molecule has 1 aliphatic rings. The van der Waals surface area contributed by atoms with Gasteiger partial charge in [0.15, 0.2) is 0 Å². The van der Waals surface area contributed by atoms with E-state index in [2.05, 4.69) is 10.3 Å². The van der Waals surface area contributed by atoms with Gasteiger partial charge in [0.25, 0.3) is 5.91 Å². The molecular formula is C18H21N3O2. The number of aliphatic hydroxyl groups is 1. The summed E-state index contributed by atoms with van der Waals surface area (Å²) < 4.78 is 0. The number of anilines is 2. The van der Waals surface area contributed by atoms with E-state index in [4.69, 9.17) is 0 Å². The molecule has 1 unspecified atom stereocenters. The zero-order valence-electron chi connectivity index (χ0n) is 13.4. The quantitative estimate of drug-likeness (QED) is 0.914. The Balaban J connectivity index is 1.67. The lowest BCUT2D eigenvalue weighted by molar-refractivity contribution is 0.0838. The van der Waals surface area contributed by atoms with E-state index in [-0.39, 0.29) is 5.91 Å². The first-order chi connectivity index (χ1) is 10.9. The molecule has 0 spiro atoms. The van der Waals surface area contributed by atoms with Gasteiger partial charge in [0, 0.05) is 25.0 Å². The Morgan fingerprint density at radius 2 is 2.00 bits per heavy atom. The lowest BCUT2D eigenvalue weighted by atomic mass is 10.1. The Kier molecular flexibility index (Phi) is 4.05. The Bertz CT molecular complexity index is 693. The minimum atomic E-state index is -0.664. The molecule has 1 saturated heterocycles. The van der Waals surface area contributed by atoms with Crippen LogP contribution >= 0.6 is 0 Å². The summed E-state index contributed by atoms with van der Waals surface area (Å²) in [5.74, 6) is 0.607. The fourth-order valence-electron chi connectivity index (χ4n) is 2.69. The van der Waals surface area contributed by atoms with Crippen LogP contribution in [-0.2, 0) is 0 Å². The Labute approximate surface area is 136 Å². The molecule has 5 nitrogen and oxygen atoms in total. The van der Waals surface area contributed by atoms with Crippen molar-refractivity contribution in [2.24, 2.45) is 0 Å². The molecule has 0 saturated carbocycles. The molecule has 1 aromatic heterocycles. The van der Waals surface area contributed by atoms with Gasteiger partial charge in [-0.15, -0.1) is 0 Å². The zero-order chi connectivity index (χ0) is 16.4. The van der Waals surface area contributed by atoms with Crippen molar-refractivity contribution < 1.29 is 9.90 Å². The van der Waals surface area contributed by atoms with E-state index in [1.165, 1.54) is 0 Å². The van der Waals surface area contributed by atoms with E-state index in [9.17, 15) is 9.90 Å². The maximum atomic E-state index is 12.2. The number of benzene rings is 1. The first-order valence-electron chi connectivity index (χ1n) is 7.74. The second kappa shape index (κ2) is 6.01. The SMILES string of the molecule is Cc1ccc(NC(=O)c2ccc(N3CCC(C)(O)C3)nc2)cc1. The molecule has 0 aliphatic carbocycles. The number of carbonyl (C=O) groups excluding carboxylic acids is 1. The Hall–Kier alpha value is -2.40. The number of hydrogen-bond donors (Lipinski definition) is 2. The number of nitrogens with zero attached hydrogens (tertiary/aromatic N) is 2. The normalized spacial score (nSPS) is 20.6. The van der Waals surface area contributed by atoms with Crippen LogP contribution in [0.2, 0.25) is 0 Å². The van der Waals surface area contributed by atoms with Gasteiger partial charge in [-0.05, 0) is 44.5 Å². The van der Waals surface area contributed by atoms with Gasteiger partial charge in [-0.3, -0.25) is 4.79 Å². The molecule has 120 valence electrons. The molecule has 0 radical (unpaired) electrons. The average molecular weight is 311 g/mol. The monoisotopic (exact) mass is 311 g/mol. The number of amides is 1. The molecule has 1 fully saturated rings. The number of hydrogen-bond acceptors (Lipinski definition) is 4. The summed E-state index contributed by atoms with van der Waals surface area (Å²) in [6.07, 6.45) is 2.30. The first kappa shape index (κ1) is 15.5. The molecular weight excluding hydrogens is 290 g/mol. The molecule has 3 rings (SSSR count). The molecule has 2 heterocycles. The summed E-state index contributed by atoms with van der Waals surface area (Å²) in [6, 6.07) is 11.2. The maximum Gasteiger partial charge on any atom is 0.257 e. The van der Waals surface area contributed by atoms with Crippen molar-refractivity contribution in [2.75, 3.05) is 23.3 Å². The molecule has 1 aromatic carbocycles. The molecule has 2 N–H and O–H groups in total. The van der Waals surface area contributed by atoms with Crippen LogP contribution in [0, 0.1) is 6.92 Å². The predicted octanol–water partition coefficient (Wildman–Crippen LogP) is 2.60. The predicted molar refractivity (Wildman–Crippen MR) is 90.8 cm³/mol. The summed E-state index contributed by atoms with van der Waals surface area (Å²) in [7, 11) is 0. The number of pyridine rings is 1. The van der Waals surface area contributed by atoms with Crippen LogP contribution in [0.5, 0.6) is 0 Å². The van der Waals surface area contributed by atoms with Gasteiger partial charge in [-0.2, -0.15) is 0 Å². The van der Waals surface area contributed by atoms with E-state index in [1.54, 1.807) is 12.3 Å². The second-order valence-electron chi connectivity index (χ2n) is 6.39. The summed E-state index contributed by atoms with van der Waals surface area (Å²) in [6.45, 7) is 5.17. The summed E-state index contributed by atoms with van der Waals surface area (Å²) >= 11 is 0. The highest BCUT2D eigenvalue weighted by atomic mass is 16.3. The topological polar surface area (TPSA) is 65.5 Å². The number of aryl methyl sites for hydroxylation is 1. The number of nitrogens with one attached hydrogen (secondary N) is 1. The summed E-state index contributed by atoms with van der Waals surface area (Å²) in [4.78, 5) is 18.6. The lowest BCUT2D eigenvalue weighted by Gasteiger charge is -2.19. The van der Waals surface area contributed by atoms with Crippen molar-refractivity contribution in [1.82, 2.24) is 4.98 Å². The fourth-order valence-corrected chi connectivity index (χ4v) is 2.69. The lowest BCUT2D eigenvalue weighted by Crippen LogP contribution is -2.30. The minimum Gasteiger partial charge on any atom is -0.388 e. The smallest absolute Gasteiger partial charge is 0.257 e. The number of carbonyl (C=O) groups is 1. The third kappa shape index (κ3) is 3.68. The van der Waals surface area contributed by atoms with Crippen molar-refractivity contribution in [3.05, 3.63) is 53.7 Å². The molecule has 1 aliphatic heterocycles. The van der Waals surface area contributed by atoms with Gasteiger partial charge < -0.3 is 15.3 Å². The van der Waals surface area contributed by atoms with Crippen LogP contribution in [0.1, 0.15) is 29.3 Å². The van der Waals surface area contributed by atoms with Gasteiger partial charge in [-0.1, -0.05) is 17.7 Å². The van der Waals surface area contributed by atoms with Gasteiger partial charge >= 0.3 is 0 Å². The van der Waals surface area contributed by atoms with Crippen molar-refractivity contribution >= 4 is 17.4 Å². The third-order valence-electron chi connectivity index (χ3n) is 4.10. The van der Waals surface area contributed by atoms with E-state index >= 15 is 0 Å². The zero-order valence-corrected chi connectivity index (χ0v) is 13.4. The molecule has 0 bridgehead atoms. The van der Waals surface area contributed by atoms with Gasteiger partial charge in [0.2, 0.25) is 0 Å². The van der Waals surface area contributed by atoms with Gasteiger partial charge in [-0.25, -0.2) is 4.98 Å². The maximum absolute atomic E-state index is 12.2. The highest BCUT2D eigenvalue weighted by molar-refractivity contribution is 6.04. The van der Waals surface area contributed by atoms with Crippen LogP contribution < -0.4 is 10.2 Å².